The Morgan fingerprint density at radius 2 is 2.05 bits per heavy atom. The van der Waals surface area contributed by atoms with Crippen LogP contribution in [0.2, 0.25) is 5.02 Å². The normalized spacial score (nSPS) is 9.79. The molecule has 5 nitrogen and oxygen atoms in total. The van der Waals surface area contributed by atoms with Gasteiger partial charge in [-0.05, 0) is 25.5 Å². The number of ether oxygens (including phenoxy) is 1. The van der Waals surface area contributed by atoms with Crippen LogP contribution in [0.15, 0.2) is 24.3 Å². The second-order valence-electron chi connectivity index (χ2n) is 3.77. The lowest BCUT2D eigenvalue weighted by atomic mass is 10.3. The lowest BCUT2D eigenvalue weighted by molar-refractivity contribution is -0.143. The third-order valence-corrected chi connectivity index (χ3v) is 2.60. The number of urea groups is 1. The molecule has 104 valence electrons. The first-order chi connectivity index (χ1) is 9.13. The standard InChI is InChI=1S/C13H17ClN2O3/c1-2-19-12(17)8-5-9-15-13(18)16-11-7-4-3-6-10(11)14/h3-4,6-7H,2,5,8-9H2,1H3,(H2,15,16,18). The van der Waals surface area contributed by atoms with Gasteiger partial charge in [0.15, 0.2) is 0 Å². The Bertz CT molecular complexity index is 438. The van der Waals surface area contributed by atoms with E-state index in [0.717, 1.165) is 0 Å². The number of carbonyl (C=O) groups is 2. The van der Waals surface area contributed by atoms with E-state index >= 15 is 0 Å². The molecule has 0 aromatic heterocycles. The lowest BCUT2D eigenvalue weighted by Gasteiger charge is -2.08. The third-order valence-electron chi connectivity index (χ3n) is 2.27. The number of anilines is 1. The molecule has 2 amide bonds. The molecule has 1 aromatic rings. The molecule has 2 N–H and O–H groups in total. The van der Waals surface area contributed by atoms with E-state index in [1.165, 1.54) is 0 Å². The molecule has 1 rings (SSSR count). The van der Waals surface area contributed by atoms with Crippen molar-refractivity contribution in [1.82, 2.24) is 5.32 Å². The van der Waals surface area contributed by atoms with Gasteiger partial charge in [0.25, 0.3) is 0 Å². The fourth-order valence-electron chi connectivity index (χ4n) is 1.40. The summed E-state index contributed by atoms with van der Waals surface area (Å²) in [4.78, 5) is 22.6. The number of esters is 1. The van der Waals surface area contributed by atoms with E-state index < -0.39 is 0 Å². The third kappa shape index (κ3) is 6.10. The zero-order valence-corrected chi connectivity index (χ0v) is 11.5. The summed E-state index contributed by atoms with van der Waals surface area (Å²) in [7, 11) is 0. The Morgan fingerprint density at radius 1 is 1.32 bits per heavy atom. The van der Waals surface area contributed by atoms with Crippen molar-refractivity contribution in [3.8, 4) is 0 Å². The van der Waals surface area contributed by atoms with E-state index in [9.17, 15) is 9.59 Å². The molecule has 0 saturated heterocycles. The van der Waals surface area contributed by atoms with Crippen LogP contribution in [-0.4, -0.2) is 25.2 Å². The van der Waals surface area contributed by atoms with E-state index in [1.807, 2.05) is 0 Å². The van der Waals surface area contributed by atoms with Gasteiger partial charge in [0, 0.05) is 13.0 Å². The van der Waals surface area contributed by atoms with E-state index in [-0.39, 0.29) is 12.0 Å². The Labute approximate surface area is 117 Å². The average Bonchev–Trinajstić information content (AvgIpc) is 2.38. The van der Waals surface area contributed by atoms with Gasteiger partial charge in [-0.15, -0.1) is 0 Å². The van der Waals surface area contributed by atoms with Crippen molar-refractivity contribution in [2.75, 3.05) is 18.5 Å². The van der Waals surface area contributed by atoms with Gasteiger partial charge in [0.1, 0.15) is 0 Å². The van der Waals surface area contributed by atoms with Crippen molar-refractivity contribution in [3.63, 3.8) is 0 Å². The molecule has 1 aromatic carbocycles. The van der Waals surface area contributed by atoms with Crippen molar-refractivity contribution in [3.05, 3.63) is 29.3 Å². The fraction of sp³-hybridized carbons (Fsp3) is 0.385. The Hall–Kier alpha value is -1.75. The minimum absolute atomic E-state index is 0.254. The summed E-state index contributed by atoms with van der Waals surface area (Å²) in [5, 5.41) is 5.74. The average molecular weight is 285 g/mol. The van der Waals surface area contributed by atoms with Crippen LogP contribution >= 0.6 is 11.6 Å². The number of nitrogens with one attached hydrogen (secondary N) is 2. The molecule has 19 heavy (non-hydrogen) atoms. The summed E-state index contributed by atoms with van der Waals surface area (Å²) in [6.45, 7) is 2.53. The predicted molar refractivity (Wildman–Crippen MR) is 74.3 cm³/mol. The smallest absolute Gasteiger partial charge is 0.319 e. The second-order valence-corrected chi connectivity index (χ2v) is 4.18. The summed E-state index contributed by atoms with van der Waals surface area (Å²) >= 11 is 5.90. The summed E-state index contributed by atoms with van der Waals surface area (Å²) in [5.74, 6) is -0.254. The van der Waals surface area contributed by atoms with Crippen LogP contribution in [0.1, 0.15) is 19.8 Å². The zero-order chi connectivity index (χ0) is 14.1. The first-order valence-electron chi connectivity index (χ1n) is 6.08. The van der Waals surface area contributed by atoms with Crippen molar-refractivity contribution in [2.24, 2.45) is 0 Å². The van der Waals surface area contributed by atoms with E-state index in [1.54, 1.807) is 31.2 Å². The maximum Gasteiger partial charge on any atom is 0.319 e. The summed E-state index contributed by atoms with van der Waals surface area (Å²) in [6.07, 6.45) is 0.828. The van der Waals surface area contributed by atoms with Crippen molar-refractivity contribution < 1.29 is 14.3 Å². The van der Waals surface area contributed by atoms with Gasteiger partial charge < -0.3 is 15.4 Å². The van der Waals surface area contributed by atoms with Crippen LogP contribution in [-0.2, 0) is 9.53 Å². The molecule has 0 aliphatic rings. The van der Waals surface area contributed by atoms with E-state index in [4.69, 9.17) is 16.3 Å². The Balaban J connectivity index is 2.22. The molecule has 0 aliphatic carbocycles. The maximum absolute atomic E-state index is 11.5. The van der Waals surface area contributed by atoms with Crippen molar-refractivity contribution >= 4 is 29.3 Å². The van der Waals surface area contributed by atoms with Crippen LogP contribution in [0.4, 0.5) is 10.5 Å². The number of para-hydroxylation sites is 1. The van der Waals surface area contributed by atoms with Crippen LogP contribution < -0.4 is 10.6 Å². The van der Waals surface area contributed by atoms with Gasteiger partial charge >= 0.3 is 12.0 Å². The second kappa shape index (κ2) is 8.37. The molecule has 0 radical (unpaired) electrons. The quantitative estimate of drug-likeness (QED) is 0.623. The first-order valence-corrected chi connectivity index (χ1v) is 6.46. The van der Waals surface area contributed by atoms with Gasteiger partial charge in [-0.3, -0.25) is 4.79 Å². The van der Waals surface area contributed by atoms with Gasteiger partial charge in [0.05, 0.1) is 17.3 Å². The van der Waals surface area contributed by atoms with Crippen LogP contribution in [0.3, 0.4) is 0 Å². The molecule has 0 spiro atoms. The number of rotatable bonds is 6. The van der Waals surface area contributed by atoms with E-state index in [0.29, 0.717) is 36.7 Å². The van der Waals surface area contributed by atoms with Gasteiger partial charge in [-0.2, -0.15) is 0 Å². The largest absolute Gasteiger partial charge is 0.466 e. The summed E-state index contributed by atoms with van der Waals surface area (Å²) in [6, 6.07) is 6.61. The highest BCUT2D eigenvalue weighted by Crippen LogP contribution is 2.19. The number of amides is 2. The zero-order valence-electron chi connectivity index (χ0n) is 10.7. The van der Waals surface area contributed by atoms with Crippen molar-refractivity contribution in [1.29, 1.82) is 0 Å². The molecule has 0 unspecified atom stereocenters. The van der Waals surface area contributed by atoms with Gasteiger partial charge in [0.2, 0.25) is 0 Å². The Kier molecular flexibility index (Phi) is 6.74. The molecule has 0 heterocycles. The lowest BCUT2D eigenvalue weighted by Crippen LogP contribution is -2.30. The number of hydrogen-bond donors (Lipinski definition) is 2. The molecule has 0 bridgehead atoms. The molecule has 0 atom stereocenters. The molecule has 0 aliphatic heterocycles. The maximum atomic E-state index is 11.5. The van der Waals surface area contributed by atoms with Crippen LogP contribution in [0.5, 0.6) is 0 Å². The van der Waals surface area contributed by atoms with Crippen LogP contribution in [0.25, 0.3) is 0 Å². The first kappa shape index (κ1) is 15.3. The fourth-order valence-corrected chi connectivity index (χ4v) is 1.58. The van der Waals surface area contributed by atoms with Crippen LogP contribution in [0, 0.1) is 0 Å². The Morgan fingerprint density at radius 3 is 2.74 bits per heavy atom. The molecule has 6 heteroatoms. The summed E-state index contributed by atoms with van der Waals surface area (Å²) < 4.78 is 4.78. The highest BCUT2D eigenvalue weighted by Gasteiger charge is 2.05. The SMILES string of the molecule is CCOC(=O)CCCNC(=O)Nc1ccccc1Cl. The number of benzene rings is 1. The topological polar surface area (TPSA) is 67.4 Å². The van der Waals surface area contributed by atoms with Gasteiger partial charge in [-0.1, -0.05) is 23.7 Å². The molecule has 0 saturated carbocycles. The number of carbonyl (C=O) groups excluding carboxylic acids is 2. The molecule has 0 fully saturated rings. The minimum Gasteiger partial charge on any atom is -0.466 e. The predicted octanol–water partition coefficient (Wildman–Crippen LogP) is 2.80. The number of hydrogen-bond acceptors (Lipinski definition) is 3. The monoisotopic (exact) mass is 284 g/mol. The minimum atomic E-state index is -0.350. The molecular formula is C13H17ClN2O3. The molecular weight excluding hydrogens is 268 g/mol. The number of halogens is 1. The highest BCUT2D eigenvalue weighted by atomic mass is 35.5. The highest BCUT2D eigenvalue weighted by molar-refractivity contribution is 6.33. The summed E-state index contributed by atoms with van der Waals surface area (Å²) in [5.41, 5.74) is 0.548. The van der Waals surface area contributed by atoms with E-state index in [2.05, 4.69) is 10.6 Å². The van der Waals surface area contributed by atoms with Gasteiger partial charge in [-0.25, -0.2) is 4.79 Å². The van der Waals surface area contributed by atoms with Crippen molar-refractivity contribution in [2.45, 2.75) is 19.8 Å².